The molecule has 4 rings (SSSR count). The molecule has 6 nitrogen and oxygen atoms in total. The minimum absolute atomic E-state index is 0.0595. The average Bonchev–Trinajstić information content (AvgIpc) is 2.83. The van der Waals surface area contributed by atoms with E-state index >= 15 is 0 Å². The van der Waals surface area contributed by atoms with E-state index in [0.29, 0.717) is 17.4 Å². The Bertz CT molecular complexity index is 1120. The Morgan fingerprint density at radius 1 is 0.882 bits per heavy atom. The Balaban J connectivity index is 1.30. The van der Waals surface area contributed by atoms with Gasteiger partial charge in [0, 0.05) is 0 Å². The van der Waals surface area contributed by atoms with E-state index in [0.717, 1.165) is 17.7 Å². The molecule has 2 N–H and O–H groups in total. The summed E-state index contributed by atoms with van der Waals surface area (Å²) in [4.78, 5) is 23.7. The van der Waals surface area contributed by atoms with Crippen molar-refractivity contribution in [2.75, 3.05) is 5.32 Å². The smallest absolute Gasteiger partial charge is 0.337 e. The molecular formula is C28H29NO5. The summed E-state index contributed by atoms with van der Waals surface area (Å²) in [5.74, 6) is 1.44. The first-order valence-electron chi connectivity index (χ1n) is 11.6. The van der Waals surface area contributed by atoms with Crippen LogP contribution in [0.15, 0.2) is 72.8 Å². The van der Waals surface area contributed by atoms with Crippen molar-refractivity contribution in [3.63, 3.8) is 0 Å². The normalized spacial score (nSPS) is 17.6. The summed E-state index contributed by atoms with van der Waals surface area (Å²) in [7, 11) is 0. The maximum atomic E-state index is 12.4. The second-order valence-electron chi connectivity index (χ2n) is 8.71. The van der Waals surface area contributed by atoms with E-state index < -0.39 is 5.97 Å². The summed E-state index contributed by atoms with van der Waals surface area (Å²) in [6, 6.07) is 21.2. The van der Waals surface area contributed by atoms with Gasteiger partial charge in [-0.2, -0.15) is 0 Å². The predicted octanol–water partition coefficient (Wildman–Crippen LogP) is 6.32. The third-order valence-electron chi connectivity index (χ3n) is 6.10. The molecule has 0 aromatic heterocycles. The van der Waals surface area contributed by atoms with Gasteiger partial charge >= 0.3 is 5.97 Å². The van der Waals surface area contributed by atoms with Crippen molar-refractivity contribution >= 4 is 17.6 Å². The number of carbonyl (C=O) groups excluding carboxylic acids is 1. The predicted molar refractivity (Wildman–Crippen MR) is 131 cm³/mol. The molecule has 0 saturated heterocycles. The van der Waals surface area contributed by atoms with E-state index in [2.05, 4.69) is 12.2 Å². The third kappa shape index (κ3) is 6.16. The summed E-state index contributed by atoms with van der Waals surface area (Å²) in [6.07, 6.45) is 5.25. The summed E-state index contributed by atoms with van der Waals surface area (Å²) >= 11 is 0. The van der Waals surface area contributed by atoms with Crippen LogP contribution in [-0.4, -0.2) is 23.1 Å². The third-order valence-corrected chi connectivity index (χ3v) is 6.10. The number of hydrogen-bond acceptors (Lipinski definition) is 4. The minimum Gasteiger partial charge on any atom is -0.490 e. The number of amides is 1. The second-order valence-corrected chi connectivity index (χ2v) is 8.71. The molecule has 3 aromatic carbocycles. The van der Waals surface area contributed by atoms with Gasteiger partial charge < -0.3 is 19.9 Å². The first-order chi connectivity index (χ1) is 16.5. The van der Waals surface area contributed by atoms with Crippen molar-refractivity contribution in [1.82, 2.24) is 0 Å². The Morgan fingerprint density at radius 3 is 2.18 bits per heavy atom. The highest BCUT2D eigenvalue weighted by Gasteiger charge is 2.22. The van der Waals surface area contributed by atoms with E-state index in [-0.39, 0.29) is 29.7 Å². The van der Waals surface area contributed by atoms with E-state index in [1.807, 2.05) is 48.5 Å². The summed E-state index contributed by atoms with van der Waals surface area (Å²) < 4.78 is 12.1. The molecule has 34 heavy (non-hydrogen) atoms. The van der Waals surface area contributed by atoms with Crippen LogP contribution in [0.1, 0.15) is 48.5 Å². The van der Waals surface area contributed by atoms with Gasteiger partial charge in [0.2, 0.25) is 5.91 Å². The second kappa shape index (κ2) is 10.9. The van der Waals surface area contributed by atoms with Crippen LogP contribution in [0.4, 0.5) is 5.69 Å². The number of carboxylic acid groups (broad SMARTS) is 1. The molecule has 1 fully saturated rings. The number of benzene rings is 3. The van der Waals surface area contributed by atoms with Gasteiger partial charge in [-0.05, 0) is 79.3 Å². The molecule has 0 unspecified atom stereocenters. The highest BCUT2D eigenvalue weighted by molar-refractivity contribution is 6.00. The molecule has 1 saturated carbocycles. The quantitative estimate of drug-likeness (QED) is 0.412. The van der Waals surface area contributed by atoms with Crippen LogP contribution in [0, 0.1) is 5.92 Å². The lowest BCUT2D eigenvalue weighted by molar-refractivity contribution is -0.115. The molecule has 0 aliphatic heterocycles. The molecule has 176 valence electrons. The Hall–Kier alpha value is -3.80. The fraction of sp³-hybridized carbons (Fsp3) is 0.286. The van der Waals surface area contributed by atoms with Crippen LogP contribution in [-0.2, 0) is 11.2 Å². The van der Waals surface area contributed by atoms with Gasteiger partial charge in [-0.3, -0.25) is 4.79 Å². The molecule has 0 spiro atoms. The topological polar surface area (TPSA) is 84.9 Å². The zero-order valence-electron chi connectivity index (χ0n) is 19.2. The average molecular weight is 460 g/mol. The largest absolute Gasteiger partial charge is 0.490 e. The zero-order valence-corrected chi connectivity index (χ0v) is 19.2. The Labute approximate surface area is 199 Å². The van der Waals surface area contributed by atoms with E-state index in [1.165, 1.54) is 25.3 Å². The van der Waals surface area contributed by atoms with Gasteiger partial charge in [0.25, 0.3) is 0 Å². The van der Waals surface area contributed by atoms with Crippen LogP contribution in [0.3, 0.4) is 0 Å². The lowest BCUT2D eigenvalue weighted by Crippen LogP contribution is -2.28. The molecule has 1 aliphatic rings. The van der Waals surface area contributed by atoms with Crippen LogP contribution in [0.5, 0.6) is 17.2 Å². The lowest BCUT2D eigenvalue weighted by atomic mass is 9.88. The number of aromatic carboxylic acids is 1. The standard InChI is InChI=1S/C28H29NO5/c1-19-6-2-5-9-26(19)34-23-16-14-22(15-17-23)33-21-12-10-20(11-13-21)18-27(30)29-25-8-4-3-7-24(25)28(31)32/h3-4,7-8,10-17,19,26H,2,5-6,9,18H2,1H3,(H,29,30)(H,31,32)/t19-,26-/m1/s1. The van der Waals surface area contributed by atoms with Gasteiger partial charge in [-0.15, -0.1) is 0 Å². The number of nitrogens with one attached hydrogen (secondary N) is 1. The van der Waals surface area contributed by atoms with Crippen LogP contribution >= 0.6 is 0 Å². The first kappa shape index (κ1) is 23.4. The number of carbonyl (C=O) groups is 2. The van der Waals surface area contributed by atoms with E-state index in [4.69, 9.17) is 9.47 Å². The number of para-hydroxylation sites is 1. The van der Waals surface area contributed by atoms with Crippen molar-refractivity contribution < 1.29 is 24.2 Å². The van der Waals surface area contributed by atoms with Gasteiger partial charge in [-0.1, -0.05) is 37.6 Å². The zero-order chi connectivity index (χ0) is 23.9. The summed E-state index contributed by atoms with van der Waals surface area (Å²) in [5.41, 5.74) is 1.14. The van der Waals surface area contributed by atoms with Crippen molar-refractivity contribution in [2.45, 2.75) is 45.1 Å². The fourth-order valence-corrected chi connectivity index (χ4v) is 4.19. The SMILES string of the molecule is C[C@@H]1CCCC[C@H]1Oc1ccc(Oc2ccc(CC(=O)Nc3ccccc3C(=O)O)cc2)cc1. The summed E-state index contributed by atoms with van der Waals surface area (Å²) in [5, 5.41) is 11.9. The molecule has 3 aromatic rings. The number of anilines is 1. The van der Waals surface area contributed by atoms with Crippen molar-refractivity contribution in [3.05, 3.63) is 83.9 Å². The lowest BCUT2D eigenvalue weighted by Gasteiger charge is -2.29. The molecule has 2 atom stereocenters. The highest BCUT2D eigenvalue weighted by Crippen LogP contribution is 2.30. The molecule has 0 radical (unpaired) electrons. The maximum Gasteiger partial charge on any atom is 0.337 e. The number of carboxylic acids is 1. The number of hydrogen-bond donors (Lipinski definition) is 2. The molecule has 0 heterocycles. The van der Waals surface area contributed by atoms with Gasteiger partial charge in [-0.25, -0.2) is 4.79 Å². The van der Waals surface area contributed by atoms with Crippen LogP contribution in [0.2, 0.25) is 0 Å². The van der Waals surface area contributed by atoms with E-state index in [1.54, 1.807) is 18.2 Å². The number of rotatable bonds is 8. The molecule has 0 bridgehead atoms. The Kier molecular flexibility index (Phi) is 7.48. The Morgan fingerprint density at radius 2 is 1.50 bits per heavy atom. The van der Waals surface area contributed by atoms with Gasteiger partial charge in [0.15, 0.2) is 0 Å². The van der Waals surface area contributed by atoms with Crippen molar-refractivity contribution in [1.29, 1.82) is 0 Å². The molecule has 6 heteroatoms. The van der Waals surface area contributed by atoms with Crippen LogP contribution in [0.25, 0.3) is 0 Å². The fourth-order valence-electron chi connectivity index (χ4n) is 4.19. The highest BCUT2D eigenvalue weighted by atomic mass is 16.5. The van der Waals surface area contributed by atoms with Gasteiger partial charge in [0.1, 0.15) is 23.4 Å². The maximum absolute atomic E-state index is 12.4. The van der Waals surface area contributed by atoms with Crippen molar-refractivity contribution in [2.24, 2.45) is 5.92 Å². The molecule has 1 amide bonds. The van der Waals surface area contributed by atoms with Crippen molar-refractivity contribution in [3.8, 4) is 17.2 Å². The first-order valence-corrected chi connectivity index (χ1v) is 11.6. The van der Waals surface area contributed by atoms with E-state index in [9.17, 15) is 14.7 Å². The monoisotopic (exact) mass is 459 g/mol. The van der Waals surface area contributed by atoms with Crippen LogP contribution < -0.4 is 14.8 Å². The summed E-state index contributed by atoms with van der Waals surface area (Å²) in [6.45, 7) is 2.25. The number of ether oxygens (including phenoxy) is 2. The molecular weight excluding hydrogens is 430 g/mol. The van der Waals surface area contributed by atoms with Gasteiger partial charge in [0.05, 0.1) is 17.7 Å². The minimum atomic E-state index is -1.08. The molecule has 1 aliphatic carbocycles.